The minimum Gasteiger partial charge on any atom is -0.443 e. The summed E-state index contributed by atoms with van der Waals surface area (Å²) in [6.07, 6.45) is 1.85. The lowest BCUT2D eigenvalue weighted by Crippen LogP contribution is -2.38. The summed E-state index contributed by atoms with van der Waals surface area (Å²) in [6, 6.07) is 10.1. The summed E-state index contributed by atoms with van der Waals surface area (Å²) in [6.45, 7) is 5.88. The second-order valence-corrected chi connectivity index (χ2v) is 6.48. The highest BCUT2D eigenvalue weighted by Gasteiger charge is 2.37. The van der Waals surface area contributed by atoms with E-state index in [1.807, 2.05) is 18.2 Å². The quantitative estimate of drug-likeness (QED) is 0.856. The summed E-state index contributed by atoms with van der Waals surface area (Å²) in [5.41, 5.74) is 0.653. The van der Waals surface area contributed by atoms with Crippen LogP contribution in [0.4, 0.5) is 4.79 Å². The summed E-state index contributed by atoms with van der Waals surface area (Å²) in [5.74, 6) is -0.169. The molecule has 1 atom stereocenters. The highest BCUT2D eigenvalue weighted by molar-refractivity contribution is 5.95. The summed E-state index contributed by atoms with van der Waals surface area (Å²) in [4.78, 5) is 25.5. The lowest BCUT2D eigenvalue weighted by Gasteiger charge is -2.23. The number of nitrogens with zero attached hydrogens (tertiary/aromatic N) is 1. The lowest BCUT2D eigenvalue weighted by atomic mass is 9.98. The Bertz CT molecular complexity index is 505. The van der Waals surface area contributed by atoms with Crippen molar-refractivity contribution in [3.05, 3.63) is 35.9 Å². The van der Waals surface area contributed by atoms with Crippen LogP contribution in [0.2, 0.25) is 0 Å². The molecule has 2 rings (SSSR count). The Morgan fingerprint density at radius 1 is 1.29 bits per heavy atom. The van der Waals surface area contributed by atoms with Crippen molar-refractivity contribution < 1.29 is 14.3 Å². The molecule has 0 bridgehead atoms. The first-order valence-electron chi connectivity index (χ1n) is 7.45. The number of rotatable bonds is 3. The molecule has 0 saturated carbocycles. The van der Waals surface area contributed by atoms with Gasteiger partial charge in [-0.05, 0) is 45.6 Å². The topological polar surface area (TPSA) is 46.6 Å². The number of hydrogen-bond donors (Lipinski definition) is 0. The number of imide groups is 1. The maximum absolute atomic E-state index is 12.3. The van der Waals surface area contributed by atoms with Crippen molar-refractivity contribution in [3.8, 4) is 0 Å². The van der Waals surface area contributed by atoms with Crippen molar-refractivity contribution in [3.63, 3.8) is 0 Å². The molecule has 1 fully saturated rings. The first kappa shape index (κ1) is 15.5. The standard InChI is InChI=1S/C17H23NO3/c1-17(2,3)21-16(20)18-12-11-14(15(18)19)10-9-13-7-5-4-6-8-13/h4-8,14H,9-12H2,1-3H3. The van der Waals surface area contributed by atoms with Crippen LogP contribution in [0.3, 0.4) is 0 Å². The second kappa shape index (κ2) is 6.29. The van der Waals surface area contributed by atoms with Gasteiger partial charge in [0.25, 0.3) is 0 Å². The van der Waals surface area contributed by atoms with E-state index in [-0.39, 0.29) is 11.8 Å². The van der Waals surface area contributed by atoms with Gasteiger partial charge in [-0.1, -0.05) is 30.3 Å². The third-order valence-electron chi connectivity index (χ3n) is 3.55. The number of ether oxygens (including phenoxy) is 1. The molecule has 1 saturated heterocycles. The van der Waals surface area contributed by atoms with Gasteiger partial charge >= 0.3 is 6.09 Å². The molecule has 21 heavy (non-hydrogen) atoms. The summed E-state index contributed by atoms with van der Waals surface area (Å²) in [5, 5.41) is 0. The highest BCUT2D eigenvalue weighted by atomic mass is 16.6. The van der Waals surface area contributed by atoms with Crippen molar-refractivity contribution in [2.75, 3.05) is 6.54 Å². The van der Waals surface area contributed by atoms with Gasteiger partial charge in [-0.2, -0.15) is 0 Å². The average molecular weight is 289 g/mol. The van der Waals surface area contributed by atoms with E-state index >= 15 is 0 Å². The van der Waals surface area contributed by atoms with Crippen molar-refractivity contribution >= 4 is 12.0 Å². The molecular formula is C17H23NO3. The van der Waals surface area contributed by atoms with Crippen LogP contribution >= 0.6 is 0 Å². The summed E-state index contributed by atoms with van der Waals surface area (Å²) >= 11 is 0. The predicted octanol–water partition coefficient (Wildman–Crippen LogP) is 3.40. The van der Waals surface area contributed by atoms with Crippen LogP contribution in [-0.2, 0) is 16.0 Å². The number of benzene rings is 1. The molecule has 1 aromatic carbocycles. The molecule has 0 radical (unpaired) electrons. The van der Waals surface area contributed by atoms with Crippen LogP contribution in [0, 0.1) is 5.92 Å². The number of hydrogen-bond acceptors (Lipinski definition) is 3. The van der Waals surface area contributed by atoms with Gasteiger partial charge in [0, 0.05) is 12.5 Å². The van der Waals surface area contributed by atoms with Gasteiger partial charge in [0.1, 0.15) is 5.60 Å². The Morgan fingerprint density at radius 3 is 2.57 bits per heavy atom. The zero-order valence-electron chi connectivity index (χ0n) is 13.0. The lowest BCUT2D eigenvalue weighted by molar-refractivity contribution is -0.130. The van der Waals surface area contributed by atoms with Gasteiger partial charge in [-0.3, -0.25) is 4.79 Å². The van der Waals surface area contributed by atoms with Crippen molar-refractivity contribution in [1.29, 1.82) is 0 Å². The summed E-state index contributed by atoms with van der Waals surface area (Å²) < 4.78 is 5.27. The number of aryl methyl sites for hydroxylation is 1. The zero-order valence-corrected chi connectivity index (χ0v) is 13.0. The fraction of sp³-hybridized carbons (Fsp3) is 0.529. The van der Waals surface area contributed by atoms with Gasteiger partial charge in [0.05, 0.1) is 0 Å². The smallest absolute Gasteiger partial charge is 0.417 e. The highest BCUT2D eigenvalue weighted by Crippen LogP contribution is 2.24. The molecule has 0 aliphatic carbocycles. The Labute approximate surface area is 126 Å². The van der Waals surface area contributed by atoms with E-state index in [1.54, 1.807) is 20.8 Å². The molecule has 4 nitrogen and oxygen atoms in total. The van der Waals surface area contributed by atoms with Crippen LogP contribution < -0.4 is 0 Å². The van der Waals surface area contributed by atoms with Crippen LogP contribution in [0.15, 0.2) is 30.3 Å². The van der Waals surface area contributed by atoms with Crippen LogP contribution in [0.1, 0.15) is 39.2 Å². The Balaban J connectivity index is 1.88. The summed E-state index contributed by atoms with van der Waals surface area (Å²) in [7, 11) is 0. The van der Waals surface area contributed by atoms with Gasteiger partial charge in [0.15, 0.2) is 0 Å². The van der Waals surface area contributed by atoms with E-state index in [2.05, 4.69) is 12.1 Å². The first-order chi connectivity index (χ1) is 9.87. The van der Waals surface area contributed by atoms with E-state index < -0.39 is 11.7 Å². The fourth-order valence-electron chi connectivity index (χ4n) is 2.49. The van der Waals surface area contributed by atoms with Gasteiger partial charge in [0.2, 0.25) is 5.91 Å². The average Bonchev–Trinajstić information content (AvgIpc) is 2.77. The SMILES string of the molecule is CC(C)(C)OC(=O)N1CCC(CCc2ccccc2)C1=O. The molecular weight excluding hydrogens is 266 g/mol. The Kier molecular flexibility index (Phi) is 4.66. The van der Waals surface area contributed by atoms with E-state index in [0.717, 1.165) is 19.3 Å². The van der Waals surface area contributed by atoms with Crippen LogP contribution in [-0.4, -0.2) is 29.0 Å². The van der Waals surface area contributed by atoms with Crippen molar-refractivity contribution in [2.45, 2.75) is 45.6 Å². The van der Waals surface area contributed by atoms with E-state index in [1.165, 1.54) is 10.5 Å². The monoisotopic (exact) mass is 289 g/mol. The first-order valence-corrected chi connectivity index (χ1v) is 7.45. The van der Waals surface area contributed by atoms with E-state index in [9.17, 15) is 9.59 Å². The van der Waals surface area contributed by atoms with E-state index in [4.69, 9.17) is 4.74 Å². The van der Waals surface area contributed by atoms with Crippen molar-refractivity contribution in [1.82, 2.24) is 4.90 Å². The van der Waals surface area contributed by atoms with E-state index in [0.29, 0.717) is 6.54 Å². The molecule has 1 unspecified atom stereocenters. The van der Waals surface area contributed by atoms with Crippen LogP contribution in [0.5, 0.6) is 0 Å². The normalized spacial score (nSPS) is 18.9. The predicted molar refractivity (Wildman–Crippen MR) is 80.8 cm³/mol. The van der Waals surface area contributed by atoms with Crippen LogP contribution in [0.25, 0.3) is 0 Å². The fourth-order valence-corrected chi connectivity index (χ4v) is 2.49. The molecule has 1 aliphatic heterocycles. The molecule has 1 heterocycles. The Hall–Kier alpha value is -1.84. The number of amides is 2. The maximum Gasteiger partial charge on any atom is 0.417 e. The van der Waals surface area contributed by atoms with Gasteiger partial charge in [-0.15, -0.1) is 0 Å². The maximum atomic E-state index is 12.3. The molecule has 114 valence electrons. The third kappa shape index (κ3) is 4.31. The molecule has 0 N–H and O–H groups in total. The molecule has 1 aliphatic rings. The number of likely N-dealkylation sites (tertiary alicyclic amines) is 1. The number of carbonyl (C=O) groups is 2. The molecule has 0 aromatic heterocycles. The molecule has 4 heteroatoms. The minimum atomic E-state index is -0.570. The van der Waals surface area contributed by atoms with Gasteiger partial charge in [-0.25, -0.2) is 9.69 Å². The van der Waals surface area contributed by atoms with Crippen molar-refractivity contribution in [2.24, 2.45) is 5.92 Å². The number of carbonyl (C=O) groups excluding carboxylic acids is 2. The molecule has 1 aromatic rings. The molecule has 0 spiro atoms. The largest absolute Gasteiger partial charge is 0.443 e. The second-order valence-electron chi connectivity index (χ2n) is 6.48. The molecule has 2 amide bonds. The zero-order chi connectivity index (χ0) is 15.5. The third-order valence-corrected chi connectivity index (χ3v) is 3.55. The minimum absolute atomic E-state index is 0.0716. The van der Waals surface area contributed by atoms with Gasteiger partial charge < -0.3 is 4.74 Å². The Morgan fingerprint density at radius 2 is 1.95 bits per heavy atom.